The third-order valence-corrected chi connectivity index (χ3v) is 2.92. The Bertz CT molecular complexity index is 476. The predicted molar refractivity (Wildman–Crippen MR) is 72.1 cm³/mol. The molecule has 3 nitrogen and oxygen atoms in total. The number of anilines is 1. The molecular weight excluding hydrogens is 210 g/mol. The number of hydrogen-bond donors (Lipinski definition) is 1. The van der Waals surface area contributed by atoms with Crippen molar-refractivity contribution in [2.24, 2.45) is 0 Å². The summed E-state index contributed by atoms with van der Waals surface area (Å²) in [5.41, 5.74) is 0.993. The van der Waals surface area contributed by atoms with Gasteiger partial charge in [0, 0.05) is 11.4 Å². The Balaban J connectivity index is 2.18. The molecule has 0 fully saturated rings. The molecule has 0 aliphatic heterocycles. The molecule has 3 heteroatoms. The maximum absolute atomic E-state index is 4.33. The Kier molecular flexibility index (Phi) is 3.91. The van der Waals surface area contributed by atoms with Gasteiger partial charge in [-0.1, -0.05) is 31.9 Å². The van der Waals surface area contributed by atoms with Gasteiger partial charge in [0.1, 0.15) is 12.1 Å². The van der Waals surface area contributed by atoms with Gasteiger partial charge in [0.25, 0.3) is 0 Å². The van der Waals surface area contributed by atoms with E-state index in [2.05, 4.69) is 35.2 Å². The molecule has 0 spiro atoms. The molecule has 0 bridgehead atoms. The van der Waals surface area contributed by atoms with Crippen LogP contribution in [0.25, 0.3) is 10.9 Å². The molecule has 0 aliphatic carbocycles. The van der Waals surface area contributed by atoms with E-state index in [1.165, 1.54) is 19.3 Å². The van der Waals surface area contributed by atoms with Crippen LogP contribution in [0.1, 0.15) is 33.1 Å². The van der Waals surface area contributed by atoms with E-state index in [0.717, 1.165) is 16.7 Å². The number of aromatic nitrogens is 2. The molecule has 1 aromatic heterocycles. The molecule has 2 aromatic rings. The van der Waals surface area contributed by atoms with E-state index in [1.54, 1.807) is 6.33 Å². The minimum absolute atomic E-state index is 0.452. The highest BCUT2D eigenvalue weighted by Gasteiger charge is 2.06. The van der Waals surface area contributed by atoms with E-state index in [9.17, 15) is 0 Å². The summed E-state index contributed by atoms with van der Waals surface area (Å²) >= 11 is 0. The largest absolute Gasteiger partial charge is 0.367 e. The Labute approximate surface area is 102 Å². The first-order valence-electron chi connectivity index (χ1n) is 6.27. The van der Waals surface area contributed by atoms with Crippen molar-refractivity contribution in [1.29, 1.82) is 0 Å². The summed E-state index contributed by atoms with van der Waals surface area (Å²) in [4.78, 5) is 8.59. The molecule has 17 heavy (non-hydrogen) atoms. The topological polar surface area (TPSA) is 37.8 Å². The van der Waals surface area contributed by atoms with E-state index in [1.807, 2.05) is 18.2 Å². The molecule has 1 aromatic carbocycles. The van der Waals surface area contributed by atoms with Crippen molar-refractivity contribution in [1.82, 2.24) is 9.97 Å². The summed E-state index contributed by atoms with van der Waals surface area (Å²) < 4.78 is 0. The van der Waals surface area contributed by atoms with Gasteiger partial charge in [-0.25, -0.2) is 9.97 Å². The van der Waals surface area contributed by atoms with Gasteiger partial charge in [0.05, 0.1) is 5.52 Å². The number of rotatable bonds is 5. The van der Waals surface area contributed by atoms with Gasteiger partial charge in [0.15, 0.2) is 0 Å². The number of nitrogens with zero attached hydrogens (tertiary/aromatic N) is 2. The van der Waals surface area contributed by atoms with Gasteiger partial charge in [-0.3, -0.25) is 0 Å². The average molecular weight is 229 g/mol. The van der Waals surface area contributed by atoms with Crippen LogP contribution in [-0.4, -0.2) is 16.0 Å². The molecule has 0 radical (unpaired) electrons. The van der Waals surface area contributed by atoms with E-state index in [4.69, 9.17) is 0 Å². The van der Waals surface area contributed by atoms with Crippen LogP contribution in [0.2, 0.25) is 0 Å². The Morgan fingerprint density at radius 2 is 2.06 bits per heavy atom. The minimum atomic E-state index is 0.452. The van der Waals surface area contributed by atoms with Crippen LogP contribution < -0.4 is 5.32 Å². The fourth-order valence-electron chi connectivity index (χ4n) is 1.94. The van der Waals surface area contributed by atoms with Crippen LogP contribution in [0.3, 0.4) is 0 Å². The highest BCUT2D eigenvalue weighted by Crippen LogP contribution is 2.19. The van der Waals surface area contributed by atoms with Crippen LogP contribution in [0.5, 0.6) is 0 Å². The molecule has 1 N–H and O–H groups in total. The number of para-hydroxylation sites is 1. The van der Waals surface area contributed by atoms with Gasteiger partial charge < -0.3 is 5.32 Å². The lowest BCUT2D eigenvalue weighted by atomic mass is 10.1. The lowest BCUT2D eigenvalue weighted by Gasteiger charge is -2.15. The summed E-state index contributed by atoms with van der Waals surface area (Å²) in [6, 6.07) is 8.55. The summed E-state index contributed by atoms with van der Waals surface area (Å²) in [7, 11) is 0. The van der Waals surface area contributed by atoms with E-state index in [-0.39, 0.29) is 0 Å². The average Bonchev–Trinajstić information content (AvgIpc) is 2.37. The third kappa shape index (κ3) is 2.93. The zero-order chi connectivity index (χ0) is 12.1. The first-order chi connectivity index (χ1) is 8.31. The van der Waals surface area contributed by atoms with Gasteiger partial charge >= 0.3 is 0 Å². The van der Waals surface area contributed by atoms with Crippen molar-refractivity contribution >= 4 is 16.7 Å². The molecule has 90 valence electrons. The number of benzene rings is 1. The summed E-state index contributed by atoms with van der Waals surface area (Å²) in [5, 5.41) is 4.56. The lowest BCUT2D eigenvalue weighted by Crippen LogP contribution is -2.16. The number of nitrogens with one attached hydrogen (secondary N) is 1. The fraction of sp³-hybridized carbons (Fsp3) is 0.429. The van der Waals surface area contributed by atoms with Gasteiger partial charge in [-0.05, 0) is 25.5 Å². The van der Waals surface area contributed by atoms with Crippen LogP contribution in [0.4, 0.5) is 5.82 Å². The Morgan fingerprint density at radius 1 is 1.24 bits per heavy atom. The van der Waals surface area contributed by atoms with Crippen molar-refractivity contribution < 1.29 is 0 Å². The minimum Gasteiger partial charge on any atom is -0.367 e. The molecular formula is C14H19N3. The predicted octanol–water partition coefficient (Wildman–Crippen LogP) is 3.62. The standard InChI is InChI=1S/C14H19N3/c1-3-4-7-11(2)17-14-12-8-5-6-9-13(12)15-10-16-14/h5-6,8-11H,3-4,7H2,1-2H3,(H,15,16,17). The van der Waals surface area contributed by atoms with Crippen LogP contribution >= 0.6 is 0 Å². The molecule has 2 rings (SSSR count). The maximum Gasteiger partial charge on any atom is 0.137 e. The van der Waals surface area contributed by atoms with Crippen molar-refractivity contribution in [3.8, 4) is 0 Å². The molecule has 1 atom stereocenters. The van der Waals surface area contributed by atoms with E-state index < -0.39 is 0 Å². The van der Waals surface area contributed by atoms with Crippen molar-refractivity contribution in [2.75, 3.05) is 5.32 Å². The molecule has 0 saturated heterocycles. The normalized spacial score (nSPS) is 12.6. The van der Waals surface area contributed by atoms with Crippen LogP contribution in [0, 0.1) is 0 Å². The van der Waals surface area contributed by atoms with Gasteiger partial charge in [-0.2, -0.15) is 0 Å². The summed E-state index contributed by atoms with van der Waals surface area (Å²) in [5.74, 6) is 0.944. The zero-order valence-corrected chi connectivity index (χ0v) is 10.5. The highest BCUT2D eigenvalue weighted by atomic mass is 15.0. The zero-order valence-electron chi connectivity index (χ0n) is 10.5. The lowest BCUT2D eigenvalue weighted by molar-refractivity contribution is 0.643. The second-order valence-corrected chi connectivity index (χ2v) is 4.43. The quantitative estimate of drug-likeness (QED) is 0.851. The molecule has 0 saturated carbocycles. The summed E-state index contributed by atoms with van der Waals surface area (Å²) in [6.07, 6.45) is 5.28. The van der Waals surface area contributed by atoms with Crippen molar-refractivity contribution in [3.63, 3.8) is 0 Å². The number of unbranched alkanes of at least 4 members (excludes halogenated alkanes) is 1. The first kappa shape index (κ1) is 11.8. The van der Waals surface area contributed by atoms with Gasteiger partial charge in [-0.15, -0.1) is 0 Å². The highest BCUT2D eigenvalue weighted by molar-refractivity contribution is 5.88. The molecule has 0 amide bonds. The number of hydrogen-bond acceptors (Lipinski definition) is 3. The maximum atomic E-state index is 4.33. The van der Waals surface area contributed by atoms with Crippen LogP contribution in [0.15, 0.2) is 30.6 Å². The van der Waals surface area contributed by atoms with Crippen molar-refractivity contribution in [2.45, 2.75) is 39.2 Å². The van der Waals surface area contributed by atoms with Crippen LogP contribution in [-0.2, 0) is 0 Å². The Morgan fingerprint density at radius 3 is 2.88 bits per heavy atom. The number of fused-ring (bicyclic) bond motifs is 1. The summed E-state index contributed by atoms with van der Waals surface area (Å²) in [6.45, 7) is 4.42. The second-order valence-electron chi connectivity index (χ2n) is 4.43. The fourth-order valence-corrected chi connectivity index (χ4v) is 1.94. The molecule has 1 heterocycles. The Hall–Kier alpha value is -1.64. The van der Waals surface area contributed by atoms with Gasteiger partial charge in [0.2, 0.25) is 0 Å². The first-order valence-corrected chi connectivity index (χ1v) is 6.27. The smallest absolute Gasteiger partial charge is 0.137 e. The molecule has 1 unspecified atom stereocenters. The van der Waals surface area contributed by atoms with E-state index in [0.29, 0.717) is 6.04 Å². The molecule has 0 aliphatic rings. The van der Waals surface area contributed by atoms with E-state index >= 15 is 0 Å². The SMILES string of the molecule is CCCCC(C)Nc1ncnc2ccccc12. The second kappa shape index (κ2) is 5.62. The van der Waals surface area contributed by atoms with Crippen molar-refractivity contribution in [3.05, 3.63) is 30.6 Å². The monoisotopic (exact) mass is 229 g/mol. The third-order valence-electron chi connectivity index (χ3n) is 2.92.